The Morgan fingerprint density at radius 1 is 1.10 bits per heavy atom. The van der Waals surface area contributed by atoms with Crippen LogP contribution in [0.5, 0.6) is 0 Å². The monoisotopic (exact) mass is 300 g/mol. The molecule has 0 saturated heterocycles. The van der Waals surface area contributed by atoms with Crippen molar-refractivity contribution in [3.05, 3.63) is 23.2 Å². The Bertz CT molecular complexity index is 632. The van der Waals surface area contributed by atoms with Gasteiger partial charge in [0.25, 0.3) is 0 Å². The van der Waals surface area contributed by atoms with Gasteiger partial charge < -0.3 is 10.3 Å². The van der Waals surface area contributed by atoms with E-state index >= 15 is 0 Å². The highest BCUT2D eigenvalue weighted by Crippen LogP contribution is 2.60. The summed E-state index contributed by atoms with van der Waals surface area (Å²) in [5, 5.41) is 6.52. The largest absolute Gasteiger partial charge is 0.367 e. The topological polar surface area (TPSA) is 52.0 Å². The second kappa shape index (κ2) is 4.35. The first-order valence-electron chi connectivity index (χ1n) is 8.08. The lowest BCUT2D eigenvalue weighted by Gasteiger charge is -2.54. The van der Waals surface area contributed by atoms with Crippen LogP contribution in [-0.4, -0.2) is 5.16 Å². The number of rotatable bonds is 2. The molecule has 21 heavy (non-hydrogen) atoms. The van der Waals surface area contributed by atoms with Crippen molar-refractivity contribution in [2.75, 3.05) is 5.73 Å². The van der Waals surface area contributed by atoms with Crippen LogP contribution in [0.25, 0.3) is 10.4 Å². The molecular weight excluding hydrogens is 280 g/mol. The maximum atomic E-state index is 6.10. The zero-order chi connectivity index (χ0) is 14.0. The predicted octanol–water partition coefficient (Wildman–Crippen LogP) is 4.53. The lowest BCUT2D eigenvalue weighted by atomic mass is 9.51. The van der Waals surface area contributed by atoms with Crippen LogP contribution >= 0.6 is 11.3 Å². The Balaban J connectivity index is 1.59. The van der Waals surface area contributed by atoms with Gasteiger partial charge in [-0.1, -0.05) is 11.2 Å². The van der Waals surface area contributed by atoms with Crippen LogP contribution in [0.4, 0.5) is 5.88 Å². The molecule has 2 aromatic heterocycles. The van der Waals surface area contributed by atoms with Crippen molar-refractivity contribution in [1.82, 2.24) is 5.16 Å². The van der Waals surface area contributed by atoms with E-state index in [-0.39, 0.29) is 0 Å². The molecule has 3 nitrogen and oxygen atoms in total. The summed E-state index contributed by atoms with van der Waals surface area (Å²) in [5.74, 6) is 4.67. The van der Waals surface area contributed by atoms with E-state index in [1.54, 1.807) is 11.3 Å². The molecule has 2 aromatic rings. The van der Waals surface area contributed by atoms with Crippen LogP contribution in [0.3, 0.4) is 0 Å². The van der Waals surface area contributed by atoms with Gasteiger partial charge >= 0.3 is 0 Å². The Labute approximate surface area is 128 Å². The first-order chi connectivity index (χ1) is 10.3. The molecule has 0 spiro atoms. The van der Waals surface area contributed by atoms with Gasteiger partial charge in [-0.25, -0.2) is 0 Å². The maximum absolute atomic E-state index is 6.10. The van der Waals surface area contributed by atoms with Gasteiger partial charge in [0.2, 0.25) is 5.88 Å². The predicted molar refractivity (Wildman–Crippen MR) is 84.0 cm³/mol. The number of thiophene rings is 1. The minimum atomic E-state index is 0.501. The Morgan fingerprint density at radius 3 is 2.43 bits per heavy atom. The number of hydrogen-bond donors (Lipinski definition) is 1. The normalized spacial score (nSPS) is 37.2. The number of nitrogens with zero attached hydrogens (tertiary/aromatic N) is 1. The SMILES string of the molecule is Nc1onc(C2C3CC4CC(C3)CC2C4)c1-c1cccs1. The highest BCUT2D eigenvalue weighted by molar-refractivity contribution is 7.13. The van der Waals surface area contributed by atoms with Crippen molar-refractivity contribution in [3.8, 4) is 10.4 Å². The number of hydrogen-bond acceptors (Lipinski definition) is 4. The summed E-state index contributed by atoms with van der Waals surface area (Å²) in [7, 11) is 0. The van der Waals surface area contributed by atoms with Gasteiger partial charge in [0, 0.05) is 10.8 Å². The number of anilines is 1. The number of aromatic nitrogens is 1. The van der Waals surface area contributed by atoms with E-state index in [9.17, 15) is 0 Å². The molecule has 0 unspecified atom stereocenters. The maximum Gasteiger partial charge on any atom is 0.231 e. The molecule has 4 aliphatic rings. The van der Waals surface area contributed by atoms with Crippen LogP contribution in [0.15, 0.2) is 22.0 Å². The Hall–Kier alpha value is -1.29. The van der Waals surface area contributed by atoms with Crippen molar-refractivity contribution in [1.29, 1.82) is 0 Å². The van der Waals surface area contributed by atoms with Crippen molar-refractivity contribution in [3.63, 3.8) is 0 Å². The van der Waals surface area contributed by atoms with Crippen LogP contribution in [-0.2, 0) is 0 Å². The van der Waals surface area contributed by atoms with E-state index in [0.29, 0.717) is 11.8 Å². The van der Waals surface area contributed by atoms with E-state index in [4.69, 9.17) is 10.3 Å². The zero-order valence-electron chi connectivity index (χ0n) is 12.0. The van der Waals surface area contributed by atoms with Gasteiger partial charge in [-0.2, -0.15) is 0 Å². The molecule has 110 valence electrons. The Morgan fingerprint density at radius 2 is 1.81 bits per heavy atom. The average Bonchev–Trinajstić information content (AvgIpc) is 3.07. The lowest BCUT2D eigenvalue weighted by molar-refractivity contribution is -0.00487. The molecule has 0 aromatic carbocycles. The molecule has 6 rings (SSSR count). The summed E-state index contributed by atoms with van der Waals surface area (Å²) in [6, 6.07) is 4.21. The van der Waals surface area contributed by atoms with Crippen molar-refractivity contribution >= 4 is 17.2 Å². The van der Waals surface area contributed by atoms with Crippen LogP contribution in [0.1, 0.15) is 43.7 Å². The van der Waals surface area contributed by atoms with Crippen LogP contribution in [0, 0.1) is 23.7 Å². The summed E-state index contributed by atoms with van der Waals surface area (Å²) in [5.41, 5.74) is 8.35. The molecule has 2 N–H and O–H groups in total. The smallest absolute Gasteiger partial charge is 0.231 e. The third-order valence-electron chi connectivity index (χ3n) is 6.05. The molecule has 0 radical (unpaired) electrons. The van der Waals surface area contributed by atoms with Gasteiger partial charge in [-0.15, -0.1) is 11.3 Å². The number of nitrogen functional groups attached to an aromatic ring is 1. The van der Waals surface area contributed by atoms with E-state index in [1.807, 2.05) is 0 Å². The van der Waals surface area contributed by atoms with E-state index in [2.05, 4.69) is 22.7 Å². The molecule has 4 fully saturated rings. The van der Waals surface area contributed by atoms with Gasteiger partial charge in [0.1, 0.15) is 0 Å². The van der Waals surface area contributed by atoms with Crippen LogP contribution in [0.2, 0.25) is 0 Å². The quantitative estimate of drug-likeness (QED) is 0.886. The fourth-order valence-corrected chi connectivity index (χ4v) is 6.37. The molecule has 4 saturated carbocycles. The zero-order valence-corrected chi connectivity index (χ0v) is 12.8. The molecule has 4 aliphatic carbocycles. The van der Waals surface area contributed by atoms with Gasteiger partial charge in [0.15, 0.2) is 0 Å². The third kappa shape index (κ3) is 1.75. The summed E-state index contributed by atoms with van der Waals surface area (Å²) < 4.78 is 5.41. The second-order valence-corrected chi connectivity index (χ2v) is 8.19. The fourth-order valence-electron chi connectivity index (χ4n) is 5.58. The highest BCUT2D eigenvalue weighted by atomic mass is 32.1. The first-order valence-corrected chi connectivity index (χ1v) is 8.96. The molecule has 0 atom stereocenters. The van der Waals surface area contributed by atoms with Gasteiger partial charge in [-0.3, -0.25) is 0 Å². The summed E-state index contributed by atoms with van der Waals surface area (Å²) in [4.78, 5) is 1.21. The summed E-state index contributed by atoms with van der Waals surface area (Å²) in [6.45, 7) is 0. The second-order valence-electron chi connectivity index (χ2n) is 7.24. The molecule has 0 aliphatic heterocycles. The van der Waals surface area contributed by atoms with Crippen LogP contribution < -0.4 is 5.73 Å². The molecule has 2 heterocycles. The number of nitrogens with two attached hydrogens (primary N) is 1. The summed E-state index contributed by atoms with van der Waals surface area (Å²) >= 11 is 1.73. The molecule has 4 bridgehead atoms. The van der Waals surface area contributed by atoms with Crippen molar-refractivity contribution < 1.29 is 4.52 Å². The Kier molecular flexibility index (Phi) is 2.55. The van der Waals surface area contributed by atoms with E-state index in [0.717, 1.165) is 34.9 Å². The summed E-state index contributed by atoms with van der Waals surface area (Å²) in [6.07, 6.45) is 7.07. The first kappa shape index (κ1) is 12.3. The fraction of sp³-hybridized carbons (Fsp3) is 0.588. The average molecular weight is 300 g/mol. The molecular formula is C17H20N2OS. The lowest BCUT2D eigenvalue weighted by Crippen LogP contribution is -2.44. The van der Waals surface area contributed by atoms with Crippen molar-refractivity contribution in [2.45, 2.75) is 38.0 Å². The van der Waals surface area contributed by atoms with Gasteiger partial charge in [0.05, 0.1) is 11.3 Å². The minimum absolute atomic E-state index is 0.501. The standard InChI is InChI=1S/C17H20N2OS/c18-17-15(13-2-1-3-21-13)16(19-20-17)14-11-5-9-4-10(7-11)8-12(14)6-9/h1-3,9-12,14H,4-8,18H2. The van der Waals surface area contributed by atoms with Gasteiger partial charge in [-0.05, 0) is 67.2 Å². The van der Waals surface area contributed by atoms with E-state index in [1.165, 1.54) is 37.0 Å². The molecule has 4 heteroatoms. The highest BCUT2D eigenvalue weighted by Gasteiger charge is 2.50. The third-order valence-corrected chi connectivity index (χ3v) is 6.94. The van der Waals surface area contributed by atoms with E-state index < -0.39 is 0 Å². The molecule has 0 amide bonds. The van der Waals surface area contributed by atoms with Crippen molar-refractivity contribution in [2.24, 2.45) is 23.7 Å². The minimum Gasteiger partial charge on any atom is -0.367 e.